The molecule has 0 amide bonds. The lowest BCUT2D eigenvalue weighted by atomic mass is 9.80. The second kappa shape index (κ2) is 9.93. The highest BCUT2D eigenvalue weighted by Gasteiger charge is 2.33. The van der Waals surface area contributed by atoms with Gasteiger partial charge in [-0.05, 0) is 75.0 Å². The molecule has 0 aliphatic heterocycles. The van der Waals surface area contributed by atoms with Gasteiger partial charge in [0.15, 0.2) is 0 Å². The molecule has 0 bridgehead atoms. The van der Waals surface area contributed by atoms with Crippen LogP contribution >= 0.6 is 11.3 Å². The first-order valence-corrected chi connectivity index (χ1v) is 13.1. The van der Waals surface area contributed by atoms with Crippen molar-refractivity contribution >= 4 is 39.5 Å². The summed E-state index contributed by atoms with van der Waals surface area (Å²) in [5, 5.41) is 4.72. The lowest BCUT2D eigenvalue weighted by molar-refractivity contribution is 1.24. The minimum Gasteiger partial charge on any atom is -0.398 e. The molecule has 0 saturated carbocycles. The van der Waals surface area contributed by atoms with Gasteiger partial charge in [-0.1, -0.05) is 89.1 Å². The molecule has 5 rings (SSSR count). The Hall–Kier alpha value is -3.62. The summed E-state index contributed by atoms with van der Waals surface area (Å²) >= 11 is 1.76. The number of nitrogens with two attached hydrogens (primary N) is 1. The standard InChI is InChI=1S/C31H27NS.C2H6/c1-6-11-24(32)28-20(8-3)26(18(4)7-2)31(25-14-10-17-33-25)30-23-16-15-19(5)21-12-9-13-22(27(21)23)29(28)30;1-2/h6,8-17H,1,3-4,7,32H2,2,5H3;1-2H3/b24-11-;. The van der Waals surface area contributed by atoms with Crippen LogP contribution in [0.15, 0.2) is 79.7 Å². The summed E-state index contributed by atoms with van der Waals surface area (Å²) in [4.78, 5) is 1.23. The number of rotatable bonds is 6. The van der Waals surface area contributed by atoms with Crippen LogP contribution in [0.25, 0.3) is 60.8 Å². The third-order valence-electron chi connectivity index (χ3n) is 6.67. The lowest BCUT2D eigenvalue weighted by Crippen LogP contribution is -2.06. The highest BCUT2D eigenvalue weighted by Crippen LogP contribution is 2.57. The summed E-state index contributed by atoms with van der Waals surface area (Å²) in [6, 6.07) is 15.4. The third-order valence-corrected chi connectivity index (χ3v) is 7.56. The van der Waals surface area contributed by atoms with E-state index in [1.54, 1.807) is 17.4 Å². The minimum absolute atomic E-state index is 0.695. The van der Waals surface area contributed by atoms with Crippen LogP contribution in [0.5, 0.6) is 0 Å². The van der Waals surface area contributed by atoms with Crippen molar-refractivity contribution in [1.29, 1.82) is 0 Å². The Bertz CT molecular complexity index is 1500. The molecule has 176 valence electrons. The number of thiophene rings is 1. The number of aryl methyl sites for hydroxylation is 1. The van der Waals surface area contributed by atoms with Crippen LogP contribution in [0.1, 0.15) is 49.4 Å². The summed E-state index contributed by atoms with van der Waals surface area (Å²) in [6.07, 6.45) is 6.43. The normalized spacial score (nSPS) is 11.6. The second-order valence-electron chi connectivity index (χ2n) is 8.44. The molecule has 2 heteroatoms. The Labute approximate surface area is 213 Å². The SMILES string of the molecule is C=C/C=C(\N)c1c(C=C)c(C(=C)CC)c(-c2cccs2)c2c1-c1cccc3c(C)ccc-2c13.CC. The van der Waals surface area contributed by atoms with Crippen LogP contribution in [0, 0.1) is 6.92 Å². The molecule has 4 aromatic rings. The van der Waals surface area contributed by atoms with E-state index in [9.17, 15) is 0 Å². The Balaban J connectivity index is 0.00000141. The van der Waals surface area contributed by atoms with Crippen molar-refractivity contribution in [2.75, 3.05) is 0 Å². The van der Waals surface area contributed by atoms with Crippen molar-refractivity contribution in [3.63, 3.8) is 0 Å². The molecular formula is C33H33NS. The van der Waals surface area contributed by atoms with Gasteiger partial charge in [-0.15, -0.1) is 11.3 Å². The number of benzene rings is 3. The van der Waals surface area contributed by atoms with Gasteiger partial charge in [0.25, 0.3) is 0 Å². The van der Waals surface area contributed by atoms with Crippen molar-refractivity contribution in [2.24, 2.45) is 5.73 Å². The zero-order valence-electron chi connectivity index (χ0n) is 21.2. The molecule has 1 aromatic heterocycles. The van der Waals surface area contributed by atoms with E-state index in [4.69, 9.17) is 5.73 Å². The van der Waals surface area contributed by atoms with Gasteiger partial charge >= 0.3 is 0 Å². The van der Waals surface area contributed by atoms with Crippen molar-refractivity contribution in [3.05, 3.63) is 102 Å². The highest BCUT2D eigenvalue weighted by molar-refractivity contribution is 7.13. The van der Waals surface area contributed by atoms with Crippen molar-refractivity contribution in [1.82, 2.24) is 0 Å². The van der Waals surface area contributed by atoms with E-state index in [1.165, 1.54) is 49.0 Å². The summed E-state index contributed by atoms with van der Waals surface area (Å²) in [7, 11) is 0. The fraction of sp³-hybridized carbons (Fsp3) is 0.152. The molecule has 1 nitrogen and oxygen atoms in total. The van der Waals surface area contributed by atoms with E-state index < -0.39 is 0 Å². The van der Waals surface area contributed by atoms with E-state index in [-0.39, 0.29) is 0 Å². The lowest BCUT2D eigenvalue weighted by Gasteiger charge is -2.24. The van der Waals surface area contributed by atoms with Crippen molar-refractivity contribution in [2.45, 2.75) is 34.1 Å². The molecule has 0 fully saturated rings. The van der Waals surface area contributed by atoms with Gasteiger partial charge in [-0.2, -0.15) is 0 Å². The molecule has 0 radical (unpaired) electrons. The second-order valence-corrected chi connectivity index (χ2v) is 9.39. The summed E-state index contributed by atoms with van der Waals surface area (Å²) in [6.45, 7) is 20.9. The predicted octanol–water partition coefficient (Wildman–Crippen LogP) is 10.1. The number of allylic oxidation sites excluding steroid dienone is 3. The molecule has 1 heterocycles. The molecule has 1 aliphatic rings. The molecule has 0 spiro atoms. The summed E-state index contributed by atoms with van der Waals surface area (Å²) in [5.41, 5.74) is 19.2. The first kappa shape index (κ1) is 24.5. The van der Waals surface area contributed by atoms with E-state index in [0.717, 1.165) is 28.7 Å². The maximum Gasteiger partial charge on any atom is 0.0400 e. The van der Waals surface area contributed by atoms with E-state index in [1.807, 2.05) is 26.0 Å². The molecule has 0 saturated heterocycles. The maximum atomic E-state index is 6.74. The quantitative estimate of drug-likeness (QED) is 0.243. The Kier molecular flexibility index (Phi) is 6.95. The first-order valence-electron chi connectivity index (χ1n) is 12.2. The summed E-state index contributed by atoms with van der Waals surface area (Å²) < 4.78 is 0. The van der Waals surface area contributed by atoms with Crippen LogP contribution in [0.4, 0.5) is 0 Å². The van der Waals surface area contributed by atoms with E-state index in [2.05, 4.69) is 81.4 Å². The van der Waals surface area contributed by atoms with Gasteiger partial charge in [0.2, 0.25) is 0 Å². The fourth-order valence-electron chi connectivity index (χ4n) is 5.20. The van der Waals surface area contributed by atoms with Crippen molar-refractivity contribution in [3.8, 4) is 32.7 Å². The molecule has 0 unspecified atom stereocenters. The van der Waals surface area contributed by atoms with Crippen molar-refractivity contribution < 1.29 is 0 Å². The average molecular weight is 476 g/mol. The highest BCUT2D eigenvalue weighted by atomic mass is 32.1. The molecular weight excluding hydrogens is 442 g/mol. The maximum absolute atomic E-state index is 6.74. The van der Waals surface area contributed by atoms with Gasteiger partial charge < -0.3 is 5.73 Å². The van der Waals surface area contributed by atoms with Gasteiger partial charge in [0.1, 0.15) is 0 Å². The zero-order valence-corrected chi connectivity index (χ0v) is 22.0. The Morgan fingerprint density at radius 3 is 2.31 bits per heavy atom. The van der Waals surface area contributed by atoms with E-state index >= 15 is 0 Å². The van der Waals surface area contributed by atoms with Crippen LogP contribution in [0.3, 0.4) is 0 Å². The zero-order chi connectivity index (χ0) is 25.3. The van der Waals surface area contributed by atoms with Crippen LogP contribution in [-0.2, 0) is 0 Å². The summed E-state index contributed by atoms with van der Waals surface area (Å²) in [5.74, 6) is 0. The predicted molar refractivity (Wildman–Crippen MR) is 160 cm³/mol. The molecule has 35 heavy (non-hydrogen) atoms. The monoisotopic (exact) mass is 475 g/mol. The van der Waals surface area contributed by atoms with Crippen LogP contribution in [0.2, 0.25) is 0 Å². The van der Waals surface area contributed by atoms with E-state index in [0.29, 0.717) is 5.70 Å². The molecule has 2 N–H and O–H groups in total. The fourth-order valence-corrected chi connectivity index (χ4v) is 5.99. The number of hydrogen-bond donors (Lipinski definition) is 1. The molecule has 0 atom stereocenters. The number of hydrogen-bond acceptors (Lipinski definition) is 2. The average Bonchev–Trinajstić information content (AvgIpc) is 3.53. The third kappa shape index (κ3) is 3.69. The van der Waals surface area contributed by atoms with Crippen LogP contribution < -0.4 is 5.73 Å². The minimum atomic E-state index is 0.695. The van der Waals surface area contributed by atoms with Crippen LogP contribution in [-0.4, -0.2) is 0 Å². The van der Waals surface area contributed by atoms with Gasteiger partial charge in [0, 0.05) is 32.8 Å². The van der Waals surface area contributed by atoms with Gasteiger partial charge in [-0.25, -0.2) is 0 Å². The first-order chi connectivity index (χ1) is 17.0. The van der Waals surface area contributed by atoms with Gasteiger partial charge in [0.05, 0.1) is 0 Å². The topological polar surface area (TPSA) is 26.0 Å². The molecule has 1 aliphatic carbocycles. The Morgan fingerprint density at radius 2 is 1.69 bits per heavy atom. The Morgan fingerprint density at radius 1 is 0.943 bits per heavy atom. The van der Waals surface area contributed by atoms with Gasteiger partial charge in [-0.3, -0.25) is 0 Å². The number of fused-ring (bicyclic) bond motifs is 3. The smallest absolute Gasteiger partial charge is 0.0400 e. The largest absolute Gasteiger partial charge is 0.398 e. The molecule has 3 aromatic carbocycles.